The molecule has 78 valence electrons. The maximum Gasteiger partial charge on any atom is 0.222 e. The monoisotopic (exact) mass is 230 g/mol. The van der Waals surface area contributed by atoms with Crippen molar-refractivity contribution in [1.82, 2.24) is 5.16 Å². The van der Waals surface area contributed by atoms with E-state index in [0.717, 1.165) is 6.07 Å². The molecule has 0 spiro atoms. The molecule has 15 heavy (non-hydrogen) atoms. The Morgan fingerprint density at radius 1 is 1.33 bits per heavy atom. The highest BCUT2D eigenvalue weighted by Gasteiger charge is 2.15. The molecule has 0 unspecified atom stereocenters. The van der Waals surface area contributed by atoms with Crippen LogP contribution in [0.4, 0.5) is 14.7 Å². The van der Waals surface area contributed by atoms with Gasteiger partial charge in [-0.1, -0.05) is 16.8 Å². The maximum atomic E-state index is 13.5. The molecule has 1 aromatic heterocycles. The van der Waals surface area contributed by atoms with Gasteiger partial charge in [0.1, 0.15) is 16.5 Å². The predicted octanol–water partition coefficient (Wildman–Crippen LogP) is 2.86. The summed E-state index contributed by atoms with van der Waals surface area (Å²) in [5.74, 6) is -1.66. The van der Waals surface area contributed by atoms with Crippen molar-refractivity contribution in [3.05, 3.63) is 34.9 Å². The van der Waals surface area contributed by atoms with Crippen molar-refractivity contribution in [3.8, 4) is 11.3 Å². The van der Waals surface area contributed by atoms with Gasteiger partial charge in [-0.15, -0.1) is 0 Å². The second kappa shape index (κ2) is 3.51. The first-order chi connectivity index (χ1) is 7.09. The van der Waals surface area contributed by atoms with Crippen LogP contribution in [0.3, 0.4) is 0 Å². The SMILES string of the molecule is Nc1cc(-c2ccc(F)c(Cl)c2F)no1. The van der Waals surface area contributed by atoms with E-state index in [2.05, 4.69) is 9.68 Å². The number of benzene rings is 1. The number of nitrogens with zero attached hydrogens (tertiary/aromatic N) is 1. The molecule has 2 N–H and O–H groups in total. The Hall–Kier alpha value is -1.62. The average Bonchev–Trinajstić information content (AvgIpc) is 2.61. The molecule has 1 heterocycles. The van der Waals surface area contributed by atoms with E-state index >= 15 is 0 Å². The van der Waals surface area contributed by atoms with Crippen LogP contribution >= 0.6 is 11.6 Å². The molecule has 2 aromatic rings. The number of rotatable bonds is 1. The van der Waals surface area contributed by atoms with Gasteiger partial charge < -0.3 is 10.3 Å². The van der Waals surface area contributed by atoms with E-state index in [1.54, 1.807) is 0 Å². The van der Waals surface area contributed by atoms with Crippen molar-refractivity contribution in [1.29, 1.82) is 0 Å². The lowest BCUT2D eigenvalue weighted by Crippen LogP contribution is -1.89. The second-order valence-corrected chi connectivity index (χ2v) is 3.22. The topological polar surface area (TPSA) is 52.0 Å². The number of nitrogen functional groups attached to an aromatic ring is 1. The van der Waals surface area contributed by atoms with Gasteiger partial charge >= 0.3 is 0 Å². The van der Waals surface area contributed by atoms with Crippen molar-refractivity contribution < 1.29 is 13.3 Å². The number of halogens is 3. The van der Waals surface area contributed by atoms with E-state index in [-0.39, 0.29) is 17.1 Å². The van der Waals surface area contributed by atoms with Crippen LogP contribution in [-0.4, -0.2) is 5.16 Å². The average molecular weight is 231 g/mol. The minimum atomic E-state index is -0.884. The molecule has 0 atom stereocenters. The smallest absolute Gasteiger partial charge is 0.222 e. The highest BCUT2D eigenvalue weighted by atomic mass is 35.5. The lowest BCUT2D eigenvalue weighted by Gasteiger charge is -2.00. The van der Waals surface area contributed by atoms with Crippen LogP contribution in [0.1, 0.15) is 0 Å². The Bertz CT molecular complexity index is 513. The minimum absolute atomic E-state index is 0.0434. The Morgan fingerprint density at radius 2 is 2.07 bits per heavy atom. The minimum Gasteiger partial charge on any atom is -0.368 e. The molecule has 3 nitrogen and oxygen atoms in total. The van der Waals surface area contributed by atoms with Gasteiger partial charge in [0.2, 0.25) is 5.88 Å². The van der Waals surface area contributed by atoms with E-state index in [4.69, 9.17) is 17.3 Å². The summed E-state index contributed by atoms with van der Waals surface area (Å²) in [5.41, 5.74) is 5.49. The van der Waals surface area contributed by atoms with Crippen LogP contribution < -0.4 is 5.73 Å². The summed E-state index contributed by atoms with van der Waals surface area (Å²) in [4.78, 5) is 0. The Labute approximate surface area is 88.4 Å². The van der Waals surface area contributed by atoms with Crippen molar-refractivity contribution in [2.45, 2.75) is 0 Å². The first-order valence-electron chi connectivity index (χ1n) is 3.95. The molecule has 0 aliphatic heterocycles. The molecule has 0 aliphatic rings. The highest BCUT2D eigenvalue weighted by molar-refractivity contribution is 6.31. The first-order valence-corrected chi connectivity index (χ1v) is 4.33. The molecule has 0 saturated heterocycles. The number of anilines is 1. The third-order valence-corrected chi connectivity index (χ3v) is 2.19. The fourth-order valence-corrected chi connectivity index (χ4v) is 1.30. The van der Waals surface area contributed by atoms with Crippen LogP contribution in [0.2, 0.25) is 5.02 Å². The van der Waals surface area contributed by atoms with Gasteiger partial charge in [-0.2, -0.15) is 0 Å². The molecule has 6 heteroatoms. The van der Waals surface area contributed by atoms with Gasteiger partial charge in [-0.05, 0) is 12.1 Å². The van der Waals surface area contributed by atoms with Gasteiger partial charge in [-0.25, -0.2) is 8.78 Å². The number of hydrogen-bond donors (Lipinski definition) is 1. The zero-order chi connectivity index (χ0) is 11.0. The Morgan fingerprint density at radius 3 is 2.67 bits per heavy atom. The molecule has 0 saturated carbocycles. The lowest BCUT2D eigenvalue weighted by atomic mass is 10.1. The molecule has 2 rings (SSSR count). The highest BCUT2D eigenvalue weighted by Crippen LogP contribution is 2.29. The molecular formula is C9H5ClF2N2O. The fraction of sp³-hybridized carbons (Fsp3) is 0. The van der Waals surface area contributed by atoms with Crippen molar-refractivity contribution in [3.63, 3.8) is 0 Å². The number of aromatic nitrogens is 1. The molecule has 0 bridgehead atoms. The van der Waals surface area contributed by atoms with Gasteiger partial charge in [-0.3, -0.25) is 0 Å². The number of nitrogens with two attached hydrogens (primary N) is 1. The summed E-state index contributed by atoms with van der Waals surface area (Å²) in [6.45, 7) is 0. The quantitative estimate of drug-likeness (QED) is 0.767. The zero-order valence-electron chi connectivity index (χ0n) is 7.30. The van der Waals surface area contributed by atoms with E-state index in [0.29, 0.717) is 0 Å². The largest absolute Gasteiger partial charge is 0.368 e. The Kier molecular flexibility index (Phi) is 2.32. The third kappa shape index (κ3) is 1.66. The van der Waals surface area contributed by atoms with Crippen LogP contribution in [0.5, 0.6) is 0 Å². The standard InChI is InChI=1S/C9H5ClF2N2O/c10-8-5(11)2-1-4(9(8)12)6-3-7(13)15-14-6/h1-3H,13H2. The Balaban J connectivity index is 2.59. The van der Waals surface area contributed by atoms with Crippen LogP contribution in [0, 0.1) is 11.6 Å². The molecule has 1 aromatic carbocycles. The molecule has 0 amide bonds. The summed E-state index contributed by atoms with van der Waals surface area (Å²) >= 11 is 5.40. The van der Waals surface area contributed by atoms with E-state index in [1.165, 1.54) is 12.1 Å². The summed E-state index contributed by atoms with van der Waals surface area (Å²) in [7, 11) is 0. The number of hydrogen-bond acceptors (Lipinski definition) is 3. The fourth-order valence-electron chi connectivity index (χ4n) is 1.14. The van der Waals surface area contributed by atoms with Crippen molar-refractivity contribution in [2.75, 3.05) is 5.73 Å². The van der Waals surface area contributed by atoms with Crippen LogP contribution in [0.15, 0.2) is 22.7 Å². The van der Waals surface area contributed by atoms with Crippen molar-refractivity contribution >= 4 is 17.5 Å². The van der Waals surface area contributed by atoms with Crippen LogP contribution in [-0.2, 0) is 0 Å². The van der Waals surface area contributed by atoms with E-state index in [1.807, 2.05) is 0 Å². The summed E-state index contributed by atoms with van der Waals surface area (Å²) in [5, 5.41) is 2.92. The summed E-state index contributed by atoms with van der Waals surface area (Å²) in [6, 6.07) is 3.59. The molecule has 0 fully saturated rings. The normalized spacial score (nSPS) is 10.6. The zero-order valence-corrected chi connectivity index (χ0v) is 8.05. The summed E-state index contributed by atoms with van der Waals surface area (Å²) < 4.78 is 30.9. The van der Waals surface area contributed by atoms with Gasteiger partial charge in [0, 0.05) is 11.6 Å². The van der Waals surface area contributed by atoms with E-state index in [9.17, 15) is 8.78 Å². The molecule has 0 radical (unpaired) electrons. The maximum absolute atomic E-state index is 13.5. The molecule has 0 aliphatic carbocycles. The van der Waals surface area contributed by atoms with Crippen LogP contribution in [0.25, 0.3) is 11.3 Å². The van der Waals surface area contributed by atoms with Crippen molar-refractivity contribution in [2.24, 2.45) is 0 Å². The first kappa shape index (κ1) is 9.92. The van der Waals surface area contributed by atoms with Gasteiger partial charge in [0.05, 0.1) is 0 Å². The van der Waals surface area contributed by atoms with Gasteiger partial charge in [0.25, 0.3) is 0 Å². The third-order valence-electron chi connectivity index (χ3n) is 1.84. The second-order valence-electron chi connectivity index (χ2n) is 2.84. The summed E-state index contributed by atoms with van der Waals surface area (Å²) in [6.07, 6.45) is 0. The lowest BCUT2D eigenvalue weighted by molar-refractivity contribution is 0.438. The van der Waals surface area contributed by atoms with Gasteiger partial charge in [0.15, 0.2) is 5.82 Å². The van der Waals surface area contributed by atoms with E-state index < -0.39 is 16.7 Å². The predicted molar refractivity (Wildman–Crippen MR) is 51.3 cm³/mol. The molecular weight excluding hydrogens is 226 g/mol.